The third-order valence-corrected chi connectivity index (χ3v) is 9.28. The normalized spacial score (nSPS) is 14.5. The predicted molar refractivity (Wildman–Crippen MR) is 156 cm³/mol. The molecule has 0 saturated carbocycles. The highest BCUT2D eigenvalue weighted by Crippen LogP contribution is 2.40. The Labute approximate surface area is 240 Å². The molecule has 1 fully saturated rings. The van der Waals surface area contributed by atoms with Crippen molar-refractivity contribution in [3.8, 4) is 17.3 Å². The van der Waals surface area contributed by atoms with Crippen molar-refractivity contribution in [2.45, 2.75) is 39.0 Å². The van der Waals surface area contributed by atoms with E-state index < -0.39 is 0 Å². The minimum absolute atomic E-state index is 0.0529. The molecule has 0 atom stereocenters. The molecule has 0 aliphatic carbocycles. The van der Waals surface area contributed by atoms with E-state index in [0.29, 0.717) is 40.3 Å². The highest BCUT2D eigenvalue weighted by molar-refractivity contribution is 7.17. The topological polar surface area (TPSA) is 110 Å². The average Bonchev–Trinajstić information content (AvgIpc) is 3.67. The van der Waals surface area contributed by atoms with E-state index in [1.165, 1.54) is 28.3 Å². The Bertz CT molecular complexity index is 1510. The lowest BCUT2D eigenvalue weighted by atomic mass is 9.96. The molecule has 1 amide bonds. The third kappa shape index (κ3) is 5.74. The molecule has 9 nitrogen and oxygen atoms in total. The molecule has 12 heteroatoms. The van der Waals surface area contributed by atoms with Gasteiger partial charge in [-0.3, -0.25) is 14.1 Å². The van der Waals surface area contributed by atoms with Gasteiger partial charge >= 0.3 is 0 Å². The molecule has 210 valence electrons. The molecule has 1 saturated heterocycles. The molecule has 0 unspecified atom stereocenters. The number of piperidine rings is 1. The van der Waals surface area contributed by atoms with E-state index in [1.54, 1.807) is 23.5 Å². The summed E-state index contributed by atoms with van der Waals surface area (Å²) in [7, 11) is 0. The van der Waals surface area contributed by atoms with Crippen LogP contribution in [0.4, 0.5) is 15.3 Å². The van der Waals surface area contributed by atoms with Crippen LogP contribution in [0.25, 0.3) is 16.2 Å². The first kappa shape index (κ1) is 28.2. The standard InChI is InChI=1S/C28H32FN7O2S2/c1-3-21-26(35(4-2)28-33-25(22(15-30)39-28)19-5-7-20(29)8-6-19)36-16-23(40-27(36)32-21)18-9-12-34(13-10-18)17-24(38)31-11-14-37/h5-8,16,18,37H,3-4,9-14,17H2,1-2H3,(H,31,38). The number of rotatable bonds is 10. The number of hydrogen-bond acceptors (Lipinski definition) is 9. The van der Waals surface area contributed by atoms with Crippen LogP contribution in [0.15, 0.2) is 30.5 Å². The quantitative estimate of drug-likeness (QED) is 0.283. The smallest absolute Gasteiger partial charge is 0.234 e. The SMILES string of the molecule is CCc1nc2sc(C3CCN(CC(=O)NCCO)CC3)cn2c1N(CC)c1nc(-c2ccc(F)cc2)c(C#N)s1. The summed E-state index contributed by atoms with van der Waals surface area (Å²) in [6, 6.07) is 8.33. The van der Waals surface area contributed by atoms with Gasteiger partial charge in [0.15, 0.2) is 10.1 Å². The molecule has 0 bridgehead atoms. The molecular formula is C28H32FN7O2S2. The summed E-state index contributed by atoms with van der Waals surface area (Å²) in [6.45, 7) is 7.06. The first-order valence-corrected chi connectivity index (χ1v) is 15.1. The molecule has 1 aliphatic heterocycles. The molecule has 1 aromatic carbocycles. The maximum absolute atomic E-state index is 13.5. The highest BCUT2D eigenvalue weighted by Gasteiger charge is 2.28. The lowest BCUT2D eigenvalue weighted by Gasteiger charge is -2.30. The number of aromatic nitrogens is 3. The molecule has 4 aromatic rings. The molecule has 5 rings (SSSR count). The van der Waals surface area contributed by atoms with Crippen molar-refractivity contribution >= 4 is 44.5 Å². The molecule has 0 spiro atoms. The van der Waals surface area contributed by atoms with Crippen LogP contribution >= 0.6 is 22.7 Å². The fraction of sp³-hybridized carbons (Fsp3) is 0.429. The van der Waals surface area contributed by atoms with Gasteiger partial charge in [0, 0.05) is 29.7 Å². The number of aliphatic hydroxyl groups is 1. The van der Waals surface area contributed by atoms with Crippen molar-refractivity contribution in [1.82, 2.24) is 24.6 Å². The maximum atomic E-state index is 13.5. The van der Waals surface area contributed by atoms with Crippen LogP contribution < -0.4 is 10.2 Å². The Morgan fingerprint density at radius 3 is 2.62 bits per heavy atom. The number of likely N-dealkylation sites (tertiary alicyclic amines) is 1. The van der Waals surface area contributed by atoms with Crippen molar-refractivity contribution in [1.29, 1.82) is 5.26 Å². The summed E-state index contributed by atoms with van der Waals surface area (Å²) >= 11 is 3.04. The largest absolute Gasteiger partial charge is 0.395 e. The van der Waals surface area contributed by atoms with Gasteiger partial charge in [0.05, 0.1) is 18.8 Å². The number of nitrogens with zero attached hydrogens (tertiary/aromatic N) is 6. The van der Waals surface area contributed by atoms with E-state index in [1.807, 2.05) is 0 Å². The second-order valence-electron chi connectivity index (χ2n) is 9.68. The minimum Gasteiger partial charge on any atom is -0.395 e. The van der Waals surface area contributed by atoms with Crippen molar-refractivity contribution in [2.75, 3.05) is 44.2 Å². The Kier molecular flexibility index (Phi) is 8.75. The van der Waals surface area contributed by atoms with Gasteiger partial charge in [-0.2, -0.15) is 5.26 Å². The number of thiazole rings is 2. The number of halogens is 1. The van der Waals surface area contributed by atoms with Crippen molar-refractivity contribution in [2.24, 2.45) is 0 Å². The summed E-state index contributed by atoms with van der Waals surface area (Å²) < 4.78 is 15.7. The fourth-order valence-corrected chi connectivity index (χ4v) is 7.23. The Morgan fingerprint density at radius 1 is 1.23 bits per heavy atom. The number of anilines is 2. The van der Waals surface area contributed by atoms with Crippen LogP contribution in [0.5, 0.6) is 0 Å². The number of benzene rings is 1. The molecule has 1 aliphatic rings. The van der Waals surface area contributed by atoms with Gasteiger partial charge in [0.25, 0.3) is 0 Å². The van der Waals surface area contributed by atoms with Crippen LogP contribution in [0.3, 0.4) is 0 Å². The van der Waals surface area contributed by atoms with Gasteiger partial charge in [-0.1, -0.05) is 18.3 Å². The molecular weight excluding hydrogens is 549 g/mol. The van der Waals surface area contributed by atoms with Crippen molar-refractivity contribution < 1.29 is 14.3 Å². The summed E-state index contributed by atoms with van der Waals surface area (Å²) in [5.74, 6) is 0.975. The highest BCUT2D eigenvalue weighted by atomic mass is 32.1. The van der Waals surface area contributed by atoms with Gasteiger partial charge in [-0.15, -0.1) is 11.3 Å². The number of aliphatic hydroxyl groups excluding tert-OH is 1. The summed E-state index contributed by atoms with van der Waals surface area (Å²) in [5, 5.41) is 22.2. The summed E-state index contributed by atoms with van der Waals surface area (Å²) in [5.41, 5.74) is 2.24. The number of nitriles is 1. The van der Waals surface area contributed by atoms with Gasteiger partial charge in [0.1, 0.15) is 28.3 Å². The van der Waals surface area contributed by atoms with Gasteiger partial charge < -0.3 is 15.3 Å². The number of fused-ring (bicyclic) bond motifs is 1. The van der Waals surface area contributed by atoms with Crippen LogP contribution in [-0.2, 0) is 11.2 Å². The number of carbonyl (C=O) groups is 1. The molecule has 2 N–H and O–H groups in total. The third-order valence-electron chi connectivity index (χ3n) is 7.15. The van der Waals surface area contributed by atoms with E-state index in [9.17, 15) is 14.4 Å². The second kappa shape index (κ2) is 12.4. The average molecular weight is 582 g/mol. The zero-order valence-electron chi connectivity index (χ0n) is 22.6. The van der Waals surface area contributed by atoms with E-state index in [2.05, 4.69) is 45.6 Å². The zero-order chi connectivity index (χ0) is 28.2. The monoisotopic (exact) mass is 581 g/mol. The lowest BCUT2D eigenvalue weighted by Crippen LogP contribution is -2.41. The fourth-order valence-electron chi connectivity index (χ4n) is 5.12. The first-order chi connectivity index (χ1) is 19.4. The van der Waals surface area contributed by atoms with Crippen LogP contribution in [0.2, 0.25) is 0 Å². The first-order valence-electron chi connectivity index (χ1n) is 13.5. The number of aryl methyl sites for hydroxylation is 1. The lowest BCUT2D eigenvalue weighted by molar-refractivity contribution is -0.122. The number of amides is 1. The number of imidazole rings is 1. The van der Waals surface area contributed by atoms with Gasteiger partial charge in [0.2, 0.25) is 5.91 Å². The van der Waals surface area contributed by atoms with E-state index in [0.717, 1.165) is 48.8 Å². The summed E-state index contributed by atoms with van der Waals surface area (Å²) in [4.78, 5) is 28.8. The van der Waals surface area contributed by atoms with Gasteiger partial charge in [-0.05, 0) is 69.5 Å². The maximum Gasteiger partial charge on any atom is 0.234 e. The van der Waals surface area contributed by atoms with Crippen LogP contribution in [0.1, 0.15) is 48.1 Å². The molecule has 4 heterocycles. The molecule has 3 aromatic heterocycles. The van der Waals surface area contributed by atoms with Crippen molar-refractivity contribution in [3.63, 3.8) is 0 Å². The zero-order valence-corrected chi connectivity index (χ0v) is 24.2. The van der Waals surface area contributed by atoms with E-state index in [4.69, 9.17) is 15.1 Å². The van der Waals surface area contributed by atoms with Crippen LogP contribution in [-0.4, -0.2) is 69.6 Å². The number of carbonyl (C=O) groups excluding carboxylic acids is 1. The minimum atomic E-state index is -0.329. The van der Waals surface area contributed by atoms with E-state index in [-0.39, 0.29) is 24.9 Å². The Morgan fingerprint density at radius 2 is 1.98 bits per heavy atom. The summed E-state index contributed by atoms with van der Waals surface area (Å²) in [6.07, 6.45) is 4.87. The Hall–Kier alpha value is -3.37. The molecule has 40 heavy (non-hydrogen) atoms. The number of nitrogens with one attached hydrogen (secondary N) is 1. The van der Waals surface area contributed by atoms with Crippen LogP contribution in [0, 0.1) is 17.1 Å². The van der Waals surface area contributed by atoms with Gasteiger partial charge in [-0.25, -0.2) is 14.4 Å². The Balaban J connectivity index is 1.40. The van der Waals surface area contributed by atoms with E-state index >= 15 is 0 Å². The molecule has 0 radical (unpaired) electrons. The number of hydrogen-bond donors (Lipinski definition) is 2. The van der Waals surface area contributed by atoms with Crippen molar-refractivity contribution in [3.05, 3.63) is 51.7 Å². The second-order valence-corrected chi connectivity index (χ2v) is 11.7. The predicted octanol–water partition coefficient (Wildman–Crippen LogP) is 4.54.